The van der Waals surface area contributed by atoms with E-state index in [2.05, 4.69) is 32.9 Å². The van der Waals surface area contributed by atoms with E-state index in [0.717, 1.165) is 42.9 Å². The topological polar surface area (TPSA) is 55.7 Å². The lowest BCUT2D eigenvalue weighted by Crippen LogP contribution is -2.58. The molecule has 4 aliphatic carbocycles. The molecule has 0 aromatic carbocycles. The quantitative estimate of drug-likeness (QED) is 0.459. The monoisotopic (exact) mass is 415 g/mol. The fourth-order valence-corrected chi connectivity index (χ4v) is 9.13. The largest absolute Gasteiger partial charge is 0.371 e. The molecule has 30 heavy (non-hydrogen) atoms. The van der Waals surface area contributed by atoms with Gasteiger partial charge in [-0.2, -0.15) is 0 Å². The maximum Gasteiger partial charge on any atom is 0.289 e. The smallest absolute Gasteiger partial charge is 0.289 e. The summed E-state index contributed by atoms with van der Waals surface area (Å²) in [6, 6.07) is 0. The van der Waals surface area contributed by atoms with Crippen molar-refractivity contribution in [3.05, 3.63) is 4.91 Å². The Hall–Kier alpha value is -0.770. The number of nitrogens with zero attached hydrogens (tertiary/aromatic N) is 1. The average molecular weight is 416 g/mol. The van der Waals surface area contributed by atoms with Crippen LogP contribution in [0.2, 0.25) is 0 Å². The molecule has 1 aliphatic heterocycles. The minimum Gasteiger partial charge on any atom is -0.371 e. The summed E-state index contributed by atoms with van der Waals surface area (Å²) in [5.41, 5.74) is 0.732. The molecule has 168 valence electrons. The normalized spacial score (nSPS) is 52.2. The molecule has 1 amide bonds. The maximum absolute atomic E-state index is 11.9. The predicted molar refractivity (Wildman–Crippen MR) is 118 cm³/mol. The molecule has 5 rings (SSSR count). The number of ether oxygens (including phenoxy) is 1. The first-order valence-electron chi connectivity index (χ1n) is 12.8. The third kappa shape index (κ3) is 2.91. The van der Waals surface area contributed by atoms with Crippen molar-refractivity contribution in [1.82, 2.24) is 0 Å². The molecule has 9 atom stereocenters. The third-order valence-corrected chi connectivity index (χ3v) is 11.4. The highest BCUT2D eigenvalue weighted by Gasteiger charge is 2.65. The van der Waals surface area contributed by atoms with E-state index in [1.807, 2.05) is 0 Å². The van der Waals surface area contributed by atoms with E-state index in [0.29, 0.717) is 22.9 Å². The molecular formula is C26H41NO3. The molecule has 0 N–H and O–H groups in total. The van der Waals surface area contributed by atoms with E-state index in [1.54, 1.807) is 0 Å². The van der Waals surface area contributed by atoms with Crippen LogP contribution in [0.25, 0.3) is 0 Å². The summed E-state index contributed by atoms with van der Waals surface area (Å²) in [6.45, 7) is 9.64. The lowest BCUT2D eigenvalue weighted by molar-refractivity contribution is -0.231. The number of fused-ring (bicyclic) bond motifs is 6. The lowest BCUT2D eigenvalue weighted by atomic mass is 9.48. The molecule has 4 heteroatoms. The number of nitroso groups, excluding NO2 is 1. The van der Waals surface area contributed by atoms with Crippen molar-refractivity contribution in [2.45, 2.75) is 110 Å². The highest BCUT2D eigenvalue weighted by atomic mass is 16.5. The molecule has 4 nitrogen and oxygen atoms in total. The molecule has 1 saturated heterocycles. The van der Waals surface area contributed by atoms with Crippen LogP contribution in [0.3, 0.4) is 0 Å². The highest BCUT2D eigenvalue weighted by Crippen LogP contribution is 2.68. The fourth-order valence-electron chi connectivity index (χ4n) is 9.13. The van der Waals surface area contributed by atoms with Gasteiger partial charge in [0, 0.05) is 11.1 Å². The Morgan fingerprint density at radius 1 is 0.867 bits per heavy atom. The molecule has 0 aromatic heterocycles. The van der Waals surface area contributed by atoms with Crippen LogP contribution < -0.4 is 0 Å². The van der Waals surface area contributed by atoms with Gasteiger partial charge in [-0.1, -0.05) is 20.8 Å². The van der Waals surface area contributed by atoms with Gasteiger partial charge in [-0.15, -0.1) is 4.91 Å². The van der Waals surface area contributed by atoms with Gasteiger partial charge in [-0.05, 0) is 118 Å². The van der Waals surface area contributed by atoms with Crippen molar-refractivity contribution in [3.63, 3.8) is 0 Å². The van der Waals surface area contributed by atoms with Gasteiger partial charge in [0.15, 0.2) is 0 Å². The molecule has 1 heterocycles. The van der Waals surface area contributed by atoms with Crippen molar-refractivity contribution in [3.8, 4) is 0 Å². The van der Waals surface area contributed by atoms with Gasteiger partial charge in [0.1, 0.15) is 0 Å². The van der Waals surface area contributed by atoms with Gasteiger partial charge in [-0.25, -0.2) is 0 Å². The van der Waals surface area contributed by atoms with Crippen LogP contribution in [0.15, 0.2) is 5.18 Å². The maximum atomic E-state index is 11.9. The Morgan fingerprint density at radius 3 is 2.37 bits per heavy atom. The van der Waals surface area contributed by atoms with Crippen LogP contribution in [-0.4, -0.2) is 17.6 Å². The number of carbonyl (C=O) groups excluding carboxylic acids is 1. The van der Waals surface area contributed by atoms with Crippen molar-refractivity contribution in [2.24, 2.45) is 51.5 Å². The van der Waals surface area contributed by atoms with Crippen LogP contribution >= 0.6 is 0 Å². The molecule has 7 unspecified atom stereocenters. The predicted octanol–water partition coefficient (Wildman–Crippen LogP) is 6.51. The van der Waals surface area contributed by atoms with E-state index >= 15 is 0 Å². The van der Waals surface area contributed by atoms with Crippen LogP contribution in [0, 0.1) is 51.2 Å². The van der Waals surface area contributed by atoms with Crippen LogP contribution in [0.4, 0.5) is 0 Å². The number of hydrogen-bond acceptors (Lipinski definition) is 3. The number of carbonyl (C=O) groups is 1. The first-order chi connectivity index (χ1) is 14.2. The van der Waals surface area contributed by atoms with Crippen molar-refractivity contribution < 1.29 is 9.53 Å². The van der Waals surface area contributed by atoms with Gasteiger partial charge in [-0.3, -0.25) is 4.79 Å². The molecule has 4 saturated carbocycles. The van der Waals surface area contributed by atoms with Gasteiger partial charge < -0.3 is 4.74 Å². The molecule has 5 fully saturated rings. The first-order valence-corrected chi connectivity index (χ1v) is 12.8. The molecule has 5 aliphatic rings. The summed E-state index contributed by atoms with van der Waals surface area (Å²) in [5.74, 6) is 3.40. The summed E-state index contributed by atoms with van der Waals surface area (Å²) >= 11 is 0. The van der Waals surface area contributed by atoms with E-state index in [4.69, 9.17) is 4.74 Å². The van der Waals surface area contributed by atoms with E-state index in [9.17, 15) is 9.70 Å². The Kier molecular flexibility index (Phi) is 5.00. The molecule has 1 spiro atoms. The second-order valence-electron chi connectivity index (χ2n) is 12.6. The van der Waals surface area contributed by atoms with E-state index in [1.165, 1.54) is 51.4 Å². The molecule has 0 radical (unpaired) electrons. The minimum atomic E-state index is -0.393. The van der Waals surface area contributed by atoms with Crippen molar-refractivity contribution >= 4 is 5.91 Å². The Bertz CT molecular complexity index is 719. The van der Waals surface area contributed by atoms with E-state index in [-0.39, 0.29) is 11.5 Å². The average Bonchev–Trinajstić information content (AvgIpc) is 3.02. The van der Waals surface area contributed by atoms with Crippen molar-refractivity contribution in [1.29, 1.82) is 0 Å². The Morgan fingerprint density at radius 2 is 1.63 bits per heavy atom. The molecule has 0 aromatic rings. The first kappa shape index (κ1) is 21.1. The fraction of sp³-hybridized carbons (Fsp3) is 0.962. The van der Waals surface area contributed by atoms with Crippen LogP contribution in [0.5, 0.6) is 0 Å². The summed E-state index contributed by atoms with van der Waals surface area (Å²) in [7, 11) is 0. The summed E-state index contributed by atoms with van der Waals surface area (Å²) < 4.78 is 6.98. The number of amides is 1. The molecule has 0 bridgehead atoms. The van der Waals surface area contributed by atoms with Gasteiger partial charge in [0.2, 0.25) is 0 Å². The second kappa shape index (κ2) is 7.12. The van der Waals surface area contributed by atoms with E-state index < -0.39 is 5.91 Å². The number of hydrogen-bond donors (Lipinski definition) is 0. The highest BCUT2D eigenvalue weighted by molar-refractivity contribution is 5.79. The summed E-state index contributed by atoms with van der Waals surface area (Å²) in [5, 5.41) is 2.75. The lowest BCUT2D eigenvalue weighted by Gasteiger charge is -2.60. The minimum absolute atomic E-state index is 0.0932. The van der Waals surface area contributed by atoms with Gasteiger partial charge >= 0.3 is 0 Å². The summed E-state index contributed by atoms with van der Waals surface area (Å²) in [4.78, 5) is 22.6. The van der Waals surface area contributed by atoms with Crippen LogP contribution in [-0.2, 0) is 9.53 Å². The Balaban J connectivity index is 1.34. The van der Waals surface area contributed by atoms with Crippen LogP contribution in [0.1, 0.15) is 98.3 Å². The standard InChI is InChI=1S/C26H41NO3/c1-16-24(2,3)13-14-26(30-16)12-10-22-21-8-5-17-15-18(23(28)27-29)6-7-19(17)20(21)9-11-25(22,26)4/h16-22H,5-15H2,1-4H3/t16?,17?,18?,19?,20?,21?,22?,25-,26+/m0/s1. The van der Waals surface area contributed by atoms with Crippen molar-refractivity contribution in [2.75, 3.05) is 0 Å². The molecular weight excluding hydrogens is 374 g/mol. The second-order valence-corrected chi connectivity index (χ2v) is 12.6. The third-order valence-electron chi connectivity index (χ3n) is 11.4. The van der Waals surface area contributed by atoms with Gasteiger partial charge in [0.25, 0.3) is 5.91 Å². The Labute approximate surface area is 182 Å². The zero-order valence-electron chi connectivity index (χ0n) is 19.5. The SMILES string of the molecule is CC1O[C@]2(CCC3C4CCC5CC(C(=O)N=O)CCC5C4CC[C@@]32C)CCC1(C)C. The zero-order valence-corrected chi connectivity index (χ0v) is 19.5. The number of rotatable bonds is 1. The zero-order chi connectivity index (χ0) is 21.3. The summed E-state index contributed by atoms with van der Waals surface area (Å²) in [6.07, 6.45) is 13.6. The van der Waals surface area contributed by atoms with Gasteiger partial charge in [0.05, 0.1) is 11.7 Å².